The van der Waals surface area contributed by atoms with Crippen molar-refractivity contribution in [2.75, 3.05) is 19.6 Å². The van der Waals surface area contributed by atoms with Gasteiger partial charge in [0.2, 0.25) is 47.3 Å². The van der Waals surface area contributed by atoms with E-state index in [1.807, 2.05) is 31.4 Å². The molecule has 10 atom stereocenters. The standard InChI is InChI=1S/C43H73N11O9S/c1-9-16-29(49-41(62)35(26(7)55)53-40(61)34(25(6)11-3)52-37(58)31(48-27(8)56)23-28-17-15-22-64-28)36(57)51-33(24(5)10-2)39(60)50-30(18-13-20-47-43(44)45)42(63)54-21-14-19-32(54)38(59)46-12-4/h15,17,22,24-26,29-35,55H,9-14,16,18-21,23H2,1-8H3,(H,46,59)(H,48,56)(H,49,62)(H,50,60)(H,51,57)(H,52,58)(H,53,61)(H4,44,45,47)/t24-,25-,26+,29-,30-,31-,32-,33-,34+,35-/m0/s1. The number of carbonyl (C=O) groups excluding carboxylic acids is 8. The first kappa shape index (κ1) is 54.8. The van der Waals surface area contributed by atoms with E-state index >= 15 is 0 Å². The number of nitrogens with one attached hydrogen (secondary N) is 7. The van der Waals surface area contributed by atoms with Gasteiger partial charge in [-0.15, -0.1) is 11.3 Å². The summed E-state index contributed by atoms with van der Waals surface area (Å²) < 4.78 is 0. The predicted octanol–water partition coefficient (Wildman–Crippen LogP) is -0.327. The third kappa shape index (κ3) is 17.3. The fourth-order valence-corrected chi connectivity index (χ4v) is 8.03. The molecule has 0 unspecified atom stereocenters. The number of guanidine groups is 1. The fourth-order valence-electron chi connectivity index (χ4n) is 7.28. The summed E-state index contributed by atoms with van der Waals surface area (Å²) in [4.78, 5) is 115. The van der Waals surface area contributed by atoms with Gasteiger partial charge in [0, 0.05) is 37.9 Å². The summed E-state index contributed by atoms with van der Waals surface area (Å²) in [5, 5.41) is 31.5. The van der Waals surface area contributed by atoms with Crippen LogP contribution in [-0.2, 0) is 44.8 Å². The van der Waals surface area contributed by atoms with Crippen molar-refractivity contribution in [3.05, 3.63) is 22.4 Å². The Morgan fingerprint density at radius 2 is 1.34 bits per heavy atom. The number of aliphatic hydroxyl groups is 1. The minimum Gasteiger partial charge on any atom is -0.391 e. The van der Waals surface area contributed by atoms with E-state index in [9.17, 15) is 43.5 Å². The van der Waals surface area contributed by atoms with Crippen LogP contribution in [0.2, 0.25) is 0 Å². The van der Waals surface area contributed by atoms with Crippen molar-refractivity contribution >= 4 is 64.6 Å². The molecule has 2 rings (SSSR count). The Morgan fingerprint density at radius 3 is 1.86 bits per heavy atom. The number of thiophene rings is 1. The first-order chi connectivity index (χ1) is 30.3. The van der Waals surface area contributed by atoms with Crippen molar-refractivity contribution in [2.24, 2.45) is 28.3 Å². The maximum atomic E-state index is 14.1. The third-order valence-corrected chi connectivity index (χ3v) is 12.2. The molecule has 1 saturated heterocycles. The van der Waals surface area contributed by atoms with E-state index in [2.05, 4.69) is 42.2 Å². The quantitative estimate of drug-likeness (QED) is 0.0310. The Balaban J connectivity index is 2.31. The maximum Gasteiger partial charge on any atom is 0.245 e. The van der Waals surface area contributed by atoms with E-state index in [4.69, 9.17) is 11.5 Å². The highest BCUT2D eigenvalue weighted by molar-refractivity contribution is 7.09. The topological polar surface area (TPSA) is 309 Å². The molecule has 12 N–H and O–H groups in total. The van der Waals surface area contributed by atoms with Crippen LogP contribution in [0.5, 0.6) is 0 Å². The Labute approximate surface area is 381 Å². The molecule has 1 aromatic heterocycles. The number of aliphatic hydroxyl groups excluding tert-OH is 1. The van der Waals surface area contributed by atoms with Gasteiger partial charge in [0.1, 0.15) is 42.3 Å². The maximum absolute atomic E-state index is 14.1. The molecule has 20 nitrogen and oxygen atoms in total. The molecule has 0 aromatic carbocycles. The van der Waals surface area contributed by atoms with Crippen molar-refractivity contribution in [1.82, 2.24) is 42.1 Å². The Bertz CT molecular complexity index is 1740. The summed E-state index contributed by atoms with van der Waals surface area (Å²) >= 11 is 1.41. The molecule has 0 aliphatic carbocycles. The lowest BCUT2D eigenvalue weighted by molar-refractivity contribution is -0.142. The number of carbonyl (C=O) groups is 8. The summed E-state index contributed by atoms with van der Waals surface area (Å²) in [6.07, 6.45) is 1.69. The van der Waals surface area contributed by atoms with Crippen molar-refractivity contribution < 1.29 is 43.5 Å². The first-order valence-corrected chi connectivity index (χ1v) is 23.3. The van der Waals surface area contributed by atoms with Crippen LogP contribution >= 0.6 is 11.3 Å². The zero-order valence-corrected chi connectivity index (χ0v) is 39.5. The molecule has 1 fully saturated rings. The summed E-state index contributed by atoms with van der Waals surface area (Å²) in [6.45, 7) is 14.2. The molecular formula is C43H73N11O9S. The molecule has 1 aromatic rings. The monoisotopic (exact) mass is 920 g/mol. The zero-order chi connectivity index (χ0) is 48.1. The summed E-state index contributed by atoms with van der Waals surface area (Å²) in [5.74, 6) is -5.81. The van der Waals surface area contributed by atoms with Gasteiger partial charge in [0.05, 0.1) is 6.10 Å². The Morgan fingerprint density at radius 1 is 0.781 bits per heavy atom. The van der Waals surface area contributed by atoms with Crippen LogP contribution in [0.1, 0.15) is 112 Å². The number of aliphatic imine (C=N–C) groups is 1. The third-order valence-electron chi connectivity index (χ3n) is 11.3. The number of likely N-dealkylation sites (tertiary alicyclic amines) is 1. The molecule has 0 saturated carbocycles. The first-order valence-electron chi connectivity index (χ1n) is 22.4. The molecule has 1 aliphatic rings. The average Bonchev–Trinajstić information content (AvgIpc) is 3.96. The van der Waals surface area contributed by atoms with Crippen LogP contribution in [0.3, 0.4) is 0 Å². The van der Waals surface area contributed by atoms with Gasteiger partial charge in [0.25, 0.3) is 0 Å². The van der Waals surface area contributed by atoms with Gasteiger partial charge >= 0.3 is 0 Å². The second-order valence-electron chi connectivity index (χ2n) is 16.5. The normalized spacial score (nSPS) is 17.7. The predicted molar refractivity (Wildman–Crippen MR) is 244 cm³/mol. The number of nitrogens with two attached hydrogens (primary N) is 2. The van der Waals surface area contributed by atoms with Gasteiger partial charge < -0.3 is 58.7 Å². The lowest BCUT2D eigenvalue weighted by Gasteiger charge is -2.32. The zero-order valence-electron chi connectivity index (χ0n) is 38.7. The Hall–Kier alpha value is -5.31. The molecule has 1 aliphatic heterocycles. The SMILES string of the molecule is CCC[C@H](NC(=O)[C@@H](NC(=O)[C@H](NC(=O)[C@H](Cc1cccs1)NC(C)=O)[C@@H](C)CC)[C@@H](C)O)C(=O)N[C@H](C(=O)N[C@@H](CCCN=C(N)N)C(=O)N1CCC[C@H]1C(=O)NCC)[C@@H](C)CC. The molecule has 21 heteroatoms. The highest BCUT2D eigenvalue weighted by Crippen LogP contribution is 2.21. The number of likely N-dealkylation sites (N-methyl/N-ethyl adjacent to an activating group) is 1. The number of nitrogens with zero attached hydrogens (tertiary/aromatic N) is 2. The van der Waals surface area contributed by atoms with Crippen LogP contribution in [0.4, 0.5) is 0 Å². The van der Waals surface area contributed by atoms with Crippen LogP contribution in [0.15, 0.2) is 22.5 Å². The molecule has 0 radical (unpaired) electrons. The van der Waals surface area contributed by atoms with Gasteiger partial charge in [0.15, 0.2) is 5.96 Å². The highest BCUT2D eigenvalue weighted by atomic mass is 32.1. The summed E-state index contributed by atoms with van der Waals surface area (Å²) in [5.41, 5.74) is 11.0. The summed E-state index contributed by atoms with van der Waals surface area (Å²) in [7, 11) is 0. The largest absolute Gasteiger partial charge is 0.391 e. The van der Waals surface area contributed by atoms with Gasteiger partial charge in [-0.2, -0.15) is 0 Å². The van der Waals surface area contributed by atoms with Crippen LogP contribution in [0.25, 0.3) is 0 Å². The van der Waals surface area contributed by atoms with Gasteiger partial charge in [-0.3, -0.25) is 43.3 Å². The van der Waals surface area contributed by atoms with Crippen LogP contribution in [0, 0.1) is 11.8 Å². The second-order valence-corrected chi connectivity index (χ2v) is 17.5. The number of rotatable bonds is 27. The highest BCUT2D eigenvalue weighted by Gasteiger charge is 2.40. The van der Waals surface area contributed by atoms with Crippen molar-refractivity contribution in [1.29, 1.82) is 0 Å². The molecule has 2 heterocycles. The van der Waals surface area contributed by atoms with Gasteiger partial charge in [-0.1, -0.05) is 59.9 Å². The molecule has 8 amide bonds. The molecule has 64 heavy (non-hydrogen) atoms. The minimum absolute atomic E-state index is 0.120. The van der Waals surface area contributed by atoms with Crippen LogP contribution in [-0.4, -0.2) is 131 Å². The van der Waals surface area contributed by atoms with Crippen LogP contribution < -0.4 is 48.7 Å². The lowest BCUT2D eigenvalue weighted by atomic mass is 9.96. The van der Waals surface area contributed by atoms with E-state index in [1.165, 1.54) is 30.1 Å². The van der Waals surface area contributed by atoms with Gasteiger partial charge in [-0.25, -0.2) is 0 Å². The van der Waals surface area contributed by atoms with Crippen molar-refractivity contribution in [3.63, 3.8) is 0 Å². The number of amides is 8. The number of hydrogen-bond donors (Lipinski definition) is 10. The molecular weight excluding hydrogens is 847 g/mol. The van der Waals surface area contributed by atoms with Gasteiger partial charge in [-0.05, 0) is 69.2 Å². The molecule has 360 valence electrons. The second kappa shape index (κ2) is 27.8. The Kier molecular flexibility index (Phi) is 23.8. The van der Waals surface area contributed by atoms with Crippen molar-refractivity contribution in [2.45, 2.75) is 162 Å². The van der Waals surface area contributed by atoms with E-state index in [-0.39, 0.29) is 37.7 Å². The van der Waals surface area contributed by atoms with E-state index in [0.29, 0.717) is 51.6 Å². The molecule has 0 bridgehead atoms. The lowest BCUT2D eigenvalue weighted by Crippen LogP contribution is -2.62. The smallest absolute Gasteiger partial charge is 0.245 e. The van der Waals surface area contributed by atoms with E-state index in [1.54, 1.807) is 27.7 Å². The van der Waals surface area contributed by atoms with E-state index in [0.717, 1.165) is 4.88 Å². The van der Waals surface area contributed by atoms with Crippen molar-refractivity contribution in [3.8, 4) is 0 Å². The molecule has 0 spiro atoms. The summed E-state index contributed by atoms with van der Waals surface area (Å²) in [6, 6.07) is -4.23. The van der Waals surface area contributed by atoms with E-state index < -0.39 is 102 Å². The average molecular weight is 920 g/mol. The number of hydrogen-bond acceptors (Lipinski definition) is 11. The fraction of sp³-hybridized carbons (Fsp3) is 0.698. The minimum atomic E-state index is -1.56.